The molecule has 0 radical (unpaired) electrons. The Bertz CT molecular complexity index is 428. The average Bonchev–Trinajstić information content (AvgIpc) is 2.44. The van der Waals surface area contributed by atoms with Gasteiger partial charge < -0.3 is 15.2 Å². The molecule has 0 spiro atoms. The minimum atomic E-state index is -0.0334. The van der Waals surface area contributed by atoms with Crippen LogP contribution in [-0.2, 0) is 4.79 Å². The van der Waals surface area contributed by atoms with E-state index in [1.54, 1.807) is 24.3 Å². The van der Waals surface area contributed by atoms with Gasteiger partial charge in [-0.05, 0) is 44.0 Å². The molecule has 0 aromatic heterocycles. The second-order valence-electron chi connectivity index (χ2n) is 4.46. The van der Waals surface area contributed by atoms with E-state index in [0.29, 0.717) is 43.7 Å². The quantitative estimate of drug-likeness (QED) is 0.531. The van der Waals surface area contributed by atoms with Crippen LogP contribution in [0.2, 0.25) is 0 Å². The Balaban J connectivity index is 2.17. The van der Waals surface area contributed by atoms with Gasteiger partial charge in [-0.25, -0.2) is 0 Å². The molecule has 2 N–H and O–H groups in total. The van der Waals surface area contributed by atoms with E-state index in [1.165, 1.54) is 6.92 Å². The Kier molecular flexibility index (Phi) is 7.35. The van der Waals surface area contributed by atoms with Crippen molar-refractivity contribution in [2.24, 2.45) is 0 Å². The number of hydrogen-bond donors (Lipinski definition) is 2. The summed E-state index contributed by atoms with van der Waals surface area (Å²) in [6.07, 6.45) is 1.60. The summed E-state index contributed by atoms with van der Waals surface area (Å²) in [7, 11) is 0. The zero-order chi connectivity index (χ0) is 14.8. The highest BCUT2D eigenvalue weighted by Crippen LogP contribution is 2.12. The van der Waals surface area contributed by atoms with Gasteiger partial charge in [0.05, 0.1) is 6.61 Å². The maximum Gasteiger partial charge on any atom is 0.220 e. The summed E-state index contributed by atoms with van der Waals surface area (Å²) >= 11 is 0. The fourth-order valence-corrected chi connectivity index (χ4v) is 1.60. The minimum Gasteiger partial charge on any atom is -0.494 e. The number of carbonyl (C=O) groups excluding carboxylic acids is 2. The van der Waals surface area contributed by atoms with Crippen LogP contribution in [0.4, 0.5) is 0 Å². The molecule has 1 aromatic rings. The van der Waals surface area contributed by atoms with Gasteiger partial charge in [-0.2, -0.15) is 0 Å². The first-order chi connectivity index (χ1) is 9.63. The van der Waals surface area contributed by atoms with E-state index < -0.39 is 0 Å². The molecule has 0 heterocycles. The zero-order valence-electron chi connectivity index (χ0n) is 11.7. The largest absolute Gasteiger partial charge is 0.494 e. The molecule has 0 aliphatic heterocycles. The molecule has 1 aromatic carbocycles. The van der Waals surface area contributed by atoms with E-state index in [0.717, 1.165) is 0 Å². The molecular weight excluding hydrogens is 258 g/mol. The van der Waals surface area contributed by atoms with Crippen molar-refractivity contribution in [1.82, 2.24) is 5.32 Å². The van der Waals surface area contributed by atoms with E-state index in [2.05, 4.69) is 5.32 Å². The number of hydrogen-bond acceptors (Lipinski definition) is 4. The monoisotopic (exact) mass is 279 g/mol. The summed E-state index contributed by atoms with van der Waals surface area (Å²) in [6, 6.07) is 6.94. The van der Waals surface area contributed by atoms with Crippen LogP contribution in [0.3, 0.4) is 0 Å². The molecule has 5 heteroatoms. The van der Waals surface area contributed by atoms with Crippen LogP contribution >= 0.6 is 0 Å². The number of ether oxygens (including phenoxy) is 1. The van der Waals surface area contributed by atoms with Gasteiger partial charge in [0, 0.05) is 25.1 Å². The van der Waals surface area contributed by atoms with E-state index in [4.69, 9.17) is 9.84 Å². The highest BCUT2D eigenvalue weighted by atomic mass is 16.5. The number of ketones is 1. The van der Waals surface area contributed by atoms with Crippen LogP contribution < -0.4 is 10.1 Å². The molecule has 1 rings (SSSR count). The number of Topliss-reactive ketones (excluding diaryl/α,β-unsaturated/α-hetero) is 1. The average molecular weight is 279 g/mol. The Hall–Kier alpha value is -1.88. The molecule has 0 fully saturated rings. The van der Waals surface area contributed by atoms with Crippen molar-refractivity contribution in [3.63, 3.8) is 0 Å². The predicted octanol–water partition coefficient (Wildman–Crippen LogP) is 1.55. The summed E-state index contributed by atoms with van der Waals surface area (Å²) in [6.45, 7) is 2.56. The number of carbonyl (C=O) groups is 2. The number of aliphatic hydroxyl groups is 1. The molecule has 110 valence electrons. The first-order valence-corrected chi connectivity index (χ1v) is 6.75. The van der Waals surface area contributed by atoms with Gasteiger partial charge in [-0.3, -0.25) is 9.59 Å². The van der Waals surface area contributed by atoms with Crippen LogP contribution in [0.1, 0.15) is 36.5 Å². The van der Waals surface area contributed by atoms with Gasteiger partial charge in [0.2, 0.25) is 5.91 Å². The molecule has 0 aliphatic carbocycles. The standard InChI is InChI=1S/C15H21NO4/c1-12(18)13-5-7-14(8-6-13)20-11-2-4-15(19)16-9-3-10-17/h5-8,17H,2-4,9-11H2,1H3,(H,16,19). The summed E-state index contributed by atoms with van der Waals surface area (Å²) in [5.74, 6) is 0.681. The molecule has 0 saturated heterocycles. The van der Waals surface area contributed by atoms with Crippen molar-refractivity contribution >= 4 is 11.7 Å². The van der Waals surface area contributed by atoms with Gasteiger partial charge in [0.15, 0.2) is 5.78 Å². The topological polar surface area (TPSA) is 75.6 Å². The third-order valence-electron chi connectivity index (χ3n) is 2.73. The van der Waals surface area contributed by atoms with Crippen LogP contribution in [-0.4, -0.2) is 36.6 Å². The van der Waals surface area contributed by atoms with E-state index in [1.807, 2.05) is 0 Å². The lowest BCUT2D eigenvalue weighted by Crippen LogP contribution is -2.25. The van der Waals surface area contributed by atoms with Crippen molar-refractivity contribution in [1.29, 1.82) is 0 Å². The highest BCUT2D eigenvalue weighted by Gasteiger charge is 2.02. The molecule has 0 saturated carbocycles. The number of rotatable bonds is 9. The Morgan fingerprint density at radius 3 is 2.50 bits per heavy atom. The maximum absolute atomic E-state index is 11.4. The third kappa shape index (κ3) is 6.33. The van der Waals surface area contributed by atoms with E-state index in [9.17, 15) is 9.59 Å². The Morgan fingerprint density at radius 2 is 1.90 bits per heavy atom. The molecule has 5 nitrogen and oxygen atoms in total. The molecule has 0 aliphatic rings. The summed E-state index contributed by atoms with van der Waals surface area (Å²) in [5.41, 5.74) is 0.653. The lowest BCUT2D eigenvalue weighted by Gasteiger charge is -2.07. The highest BCUT2D eigenvalue weighted by molar-refractivity contribution is 5.94. The van der Waals surface area contributed by atoms with E-state index >= 15 is 0 Å². The van der Waals surface area contributed by atoms with Gasteiger partial charge in [0.1, 0.15) is 5.75 Å². The number of nitrogens with one attached hydrogen (secondary N) is 1. The fraction of sp³-hybridized carbons (Fsp3) is 0.467. The van der Waals surface area contributed by atoms with E-state index in [-0.39, 0.29) is 18.3 Å². The normalized spacial score (nSPS) is 10.1. The van der Waals surface area contributed by atoms with Crippen molar-refractivity contribution in [2.75, 3.05) is 19.8 Å². The lowest BCUT2D eigenvalue weighted by atomic mass is 10.1. The van der Waals surface area contributed by atoms with Crippen LogP contribution in [0.5, 0.6) is 5.75 Å². The smallest absolute Gasteiger partial charge is 0.220 e. The summed E-state index contributed by atoms with van der Waals surface area (Å²) in [5, 5.41) is 11.3. The van der Waals surface area contributed by atoms with Crippen molar-refractivity contribution in [3.05, 3.63) is 29.8 Å². The number of amides is 1. The van der Waals surface area contributed by atoms with Crippen LogP contribution in [0.15, 0.2) is 24.3 Å². The first kappa shape index (κ1) is 16.2. The van der Waals surface area contributed by atoms with Gasteiger partial charge in [0.25, 0.3) is 0 Å². The lowest BCUT2D eigenvalue weighted by molar-refractivity contribution is -0.121. The van der Waals surface area contributed by atoms with Crippen molar-refractivity contribution < 1.29 is 19.4 Å². The first-order valence-electron chi connectivity index (χ1n) is 6.75. The van der Waals surface area contributed by atoms with Gasteiger partial charge in [-0.1, -0.05) is 0 Å². The molecule has 0 bridgehead atoms. The van der Waals surface area contributed by atoms with Crippen LogP contribution in [0.25, 0.3) is 0 Å². The second kappa shape index (κ2) is 9.09. The second-order valence-corrected chi connectivity index (χ2v) is 4.46. The van der Waals surface area contributed by atoms with Gasteiger partial charge in [-0.15, -0.1) is 0 Å². The van der Waals surface area contributed by atoms with Crippen LogP contribution in [0, 0.1) is 0 Å². The number of aliphatic hydroxyl groups excluding tert-OH is 1. The SMILES string of the molecule is CC(=O)c1ccc(OCCCC(=O)NCCCO)cc1. The summed E-state index contributed by atoms with van der Waals surface area (Å²) in [4.78, 5) is 22.5. The summed E-state index contributed by atoms with van der Waals surface area (Å²) < 4.78 is 5.49. The van der Waals surface area contributed by atoms with Crippen molar-refractivity contribution in [2.45, 2.75) is 26.2 Å². The molecule has 0 unspecified atom stereocenters. The van der Waals surface area contributed by atoms with Gasteiger partial charge >= 0.3 is 0 Å². The number of benzene rings is 1. The molecule has 1 amide bonds. The fourth-order valence-electron chi connectivity index (χ4n) is 1.60. The third-order valence-corrected chi connectivity index (χ3v) is 2.73. The Labute approximate surface area is 118 Å². The Morgan fingerprint density at radius 1 is 1.20 bits per heavy atom. The molecule has 0 atom stereocenters. The zero-order valence-corrected chi connectivity index (χ0v) is 11.7. The molecule has 20 heavy (non-hydrogen) atoms. The van der Waals surface area contributed by atoms with Crippen molar-refractivity contribution in [3.8, 4) is 5.75 Å². The maximum atomic E-state index is 11.4. The predicted molar refractivity (Wildman–Crippen MR) is 75.9 cm³/mol. The molecular formula is C15H21NO4. The minimum absolute atomic E-state index is 0.0242.